The number of Topliss-reactive ketones (excluding diaryl/α,β-unsaturated/α-hetero) is 1. The molecule has 2 rings (SSSR count). The van der Waals surface area contributed by atoms with Crippen LogP contribution in [0.3, 0.4) is 0 Å². The number of hydrogen-bond acceptors (Lipinski definition) is 5. The van der Waals surface area contributed by atoms with Crippen LogP contribution in [0.5, 0.6) is 0 Å². The van der Waals surface area contributed by atoms with Gasteiger partial charge >= 0.3 is 11.9 Å². The molecule has 1 aliphatic rings. The largest absolute Gasteiger partial charge is 0.479 e. The first-order valence-corrected chi connectivity index (χ1v) is 10.5. The first-order chi connectivity index (χ1) is 13.8. The molecule has 1 saturated carbocycles. The highest BCUT2D eigenvalue weighted by molar-refractivity contribution is 5.95. The van der Waals surface area contributed by atoms with Gasteiger partial charge in [0.25, 0.3) is 0 Å². The van der Waals surface area contributed by atoms with E-state index < -0.39 is 29.6 Å². The third kappa shape index (κ3) is 6.13. The van der Waals surface area contributed by atoms with Crippen molar-refractivity contribution in [1.82, 2.24) is 0 Å². The van der Waals surface area contributed by atoms with Gasteiger partial charge in [-0.3, -0.25) is 4.79 Å². The summed E-state index contributed by atoms with van der Waals surface area (Å²) < 4.78 is 5.74. The van der Waals surface area contributed by atoms with E-state index in [2.05, 4.69) is 6.92 Å². The van der Waals surface area contributed by atoms with Crippen LogP contribution in [0.25, 0.3) is 0 Å². The molecule has 2 unspecified atom stereocenters. The number of carbonyl (C=O) groups excluding carboxylic acids is 2. The van der Waals surface area contributed by atoms with Crippen LogP contribution in [-0.4, -0.2) is 39.6 Å². The van der Waals surface area contributed by atoms with Crippen molar-refractivity contribution in [2.75, 3.05) is 0 Å². The van der Waals surface area contributed by atoms with E-state index in [1.54, 1.807) is 30.3 Å². The fourth-order valence-corrected chi connectivity index (χ4v) is 4.08. The Morgan fingerprint density at radius 1 is 1.21 bits per heavy atom. The first kappa shape index (κ1) is 23.1. The SMILES string of the molecule is CCCCCC(C)CC(=O)[C@]1(OC(=O)c2ccccc2)CC[C@@H](C(O)C(=O)O)C1. The number of hydrogen-bond donors (Lipinski definition) is 2. The predicted molar refractivity (Wildman–Crippen MR) is 109 cm³/mol. The van der Waals surface area contributed by atoms with Crippen molar-refractivity contribution in [3.63, 3.8) is 0 Å². The molecular weight excluding hydrogens is 372 g/mol. The van der Waals surface area contributed by atoms with Crippen LogP contribution in [-0.2, 0) is 14.3 Å². The van der Waals surface area contributed by atoms with E-state index >= 15 is 0 Å². The minimum atomic E-state index is -1.57. The average molecular weight is 405 g/mol. The normalized spacial score (nSPS) is 23.3. The highest BCUT2D eigenvalue weighted by Crippen LogP contribution is 2.42. The van der Waals surface area contributed by atoms with Crippen LogP contribution in [0.4, 0.5) is 0 Å². The zero-order valence-corrected chi connectivity index (χ0v) is 17.3. The van der Waals surface area contributed by atoms with Gasteiger partial charge in [0.1, 0.15) is 0 Å². The Bertz CT molecular complexity index is 701. The van der Waals surface area contributed by atoms with Gasteiger partial charge in [-0.15, -0.1) is 0 Å². The second-order valence-electron chi connectivity index (χ2n) is 8.26. The van der Waals surface area contributed by atoms with E-state index in [0.29, 0.717) is 12.0 Å². The molecule has 0 aliphatic heterocycles. The van der Waals surface area contributed by atoms with Crippen LogP contribution in [0, 0.1) is 11.8 Å². The summed E-state index contributed by atoms with van der Waals surface area (Å²) in [5.41, 5.74) is -1.02. The molecular formula is C23H32O6. The van der Waals surface area contributed by atoms with Crippen molar-refractivity contribution in [2.24, 2.45) is 11.8 Å². The number of ketones is 1. The molecule has 29 heavy (non-hydrogen) atoms. The number of carboxylic acid groups (broad SMARTS) is 1. The van der Waals surface area contributed by atoms with Crippen LogP contribution >= 0.6 is 0 Å². The number of aliphatic carboxylic acids is 1. The Morgan fingerprint density at radius 3 is 2.52 bits per heavy atom. The highest BCUT2D eigenvalue weighted by Gasteiger charge is 2.51. The minimum absolute atomic E-state index is 0.0412. The maximum atomic E-state index is 13.2. The lowest BCUT2D eigenvalue weighted by Crippen LogP contribution is -2.43. The molecule has 2 N–H and O–H groups in total. The fraction of sp³-hybridized carbons (Fsp3) is 0.609. The number of aliphatic hydroxyl groups excluding tert-OH is 1. The number of benzene rings is 1. The molecule has 1 aliphatic carbocycles. The molecule has 160 valence electrons. The zero-order valence-electron chi connectivity index (χ0n) is 17.3. The molecule has 0 aromatic heterocycles. The smallest absolute Gasteiger partial charge is 0.339 e. The van der Waals surface area contributed by atoms with Gasteiger partial charge in [-0.25, -0.2) is 9.59 Å². The van der Waals surface area contributed by atoms with Crippen LogP contribution in [0.15, 0.2) is 30.3 Å². The maximum Gasteiger partial charge on any atom is 0.339 e. The third-order valence-electron chi connectivity index (χ3n) is 5.85. The zero-order chi connectivity index (χ0) is 21.4. The van der Waals surface area contributed by atoms with E-state index in [0.717, 1.165) is 25.7 Å². The van der Waals surface area contributed by atoms with Crippen molar-refractivity contribution in [2.45, 2.75) is 76.9 Å². The van der Waals surface area contributed by atoms with E-state index in [-0.39, 0.29) is 31.0 Å². The molecule has 1 aromatic rings. The molecule has 0 heterocycles. The maximum absolute atomic E-state index is 13.2. The lowest BCUT2D eigenvalue weighted by molar-refractivity contribution is -0.151. The monoisotopic (exact) mass is 404 g/mol. The Kier molecular flexibility index (Phi) is 8.38. The standard InChI is InChI=1S/C23H32O6/c1-3-4-6-9-16(2)14-19(24)23(13-12-18(15-23)20(25)21(26)27)29-22(28)17-10-7-5-8-11-17/h5,7-8,10-11,16,18,20,25H,3-4,6,9,12-15H2,1-2H3,(H,26,27)/t16?,18-,20?,23+/m1/s1. The van der Waals surface area contributed by atoms with Crippen LogP contribution < -0.4 is 0 Å². The number of carbonyl (C=O) groups is 3. The molecule has 0 bridgehead atoms. The van der Waals surface area contributed by atoms with Crippen molar-refractivity contribution in [1.29, 1.82) is 0 Å². The number of unbranched alkanes of at least 4 members (excludes halogenated alkanes) is 2. The Morgan fingerprint density at radius 2 is 1.90 bits per heavy atom. The van der Waals surface area contributed by atoms with Gasteiger partial charge in [-0.1, -0.05) is 57.7 Å². The number of carboxylic acids is 1. The lowest BCUT2D eigenvalue weighted by Gasteiger charge is -2.29. The van der Waals surface area contributed by atoms with E-state index in [4.69, 9.17) is 9.84 Å². The number of rotatable bonds is 11. The first-order valence-electron chi connectivity index (χ1n) is 10.5. The molecule has 0 spiro atoms. The van der Waals surface area contributed by atoms with Gasteiger partial charge in [0, 0.05) is 18.8 Å². The summed E-state index contributed by atoms with van der Waals surface area (Å²) in [6.45, 7) is 4.14. The molecule has 6 heteroatoms. The van der Waals surface area contributed by atoms with E-state index in [9.17, 15) is 19.5 Å². The molecule has 6 nitrogen and oxygen atoms in total. The molecule has 4 atom stereocenters. The molecule has 1 fully saturated rings. The van der Waals surface area contributed by atoms with Gasteiger partial charge < -0.3 is 14.9 Å². The van der Waals surface area contributed by atoms with Gasteiger partial charge in [0.15, 0.2) is 17.5 Å². The lowest BCUT2D eigenvalue weighted by atomic mass is 9.86. The Hall–Kier alpha value is -2.21. The third-order valence-corrected chi connectivity index (χ3v) is 5.85. The van der Waals surface area contributed by atoms with Gasteiger partial charge in [-0.2, -0.15) is 0 Å². The predicted octanol–water partition coefficient (Wildman–Crippen LogP) is 4.00. The Balaban J connectivity index is 2.16. The van der Waals surface area contributed by atoms with Crippen molar-refractivity contribution in [3.05, 3.63) is 35.9 Å². The quantitative estimate of drug-likeness (QED) is 0.427. The summed E-state index contributed by atoms with van der Waals surface area (Å²) in [6, 6.07) is 8.45. The second-order valence-corrected chi connectivity index (χ2v) is 8.26. The van der Waals surface area contributed by atoms with Crippen LogP contribution in [0.2, 0.25) is 0 Å². The van der Waals surface area contributed by atoms with Crippen molar-refractivity contribution >= 4 is 17.7 Å². The van der Waals surface area contributed by atoms with Gasteiger partial charge in [0.2, 0.25) is 0 Å². The summed E-state index contributed by atoms with van der Waals surface area (Å²) in [7, 11) is 0. The summed E-state index contributed by atoms with van der Waals surface area (Å²) in [5, 5.41) is 19.1. The number of esters is 1. The Labute approximate surface area is 172 Å². The summed E-state index contributed by atoms with van der Waals surface area (Å²) >= 11 is 0. The topological polar surface area (TPSA) is 101 Å². The van der Waals surface area contributed by atoms with Crippen molar-refractivity contribution in [3.8, 4) is 0 Å². The second kappa shape index (κ2) is 10.5. The molecule has 0 amide bonds. The fourth-order valence-electron chi connectivity index (χ4n) is 4.08. The minimum Gasteiger partial charge on any atom is -0.479 e. The molecule has 0 radical (unpaired) electrons. The van der Waals surface area contributed by atoms with E-state index in [1.807, 2.05) is 6.92 Å². The summed E-state index contributed by atoms with van der Waals surface area (Å²) in [5.74, 6) is -2.55. The number of ether oxygens (including phenoxy) is 1. The average Bonchev–Trinajstić information content (AvgIpc) is 3.13. The van der Waals surface area contributed by atoms with Crippen LogP contribution in [0.1, 0.15) is 75.6 Å². The summed E-state index contributed by atoms with van der Waals surface area (Å²) in [4.78, 5) is 37.1. The van der Waals surface area contributed by atoms with Crippen molar-refractivity contribution < 1.29 is 29.3 Å². The highest BCUT2D eigenvalue weighted by atomic mass is 16.6. The van der Waals surface area contributed by atoms with E-state index in [1.165, 1.54) is 0 Å². The van der Waals surface area contributed by atoms with Gasteiger partial charge in [0.05, 0.1) is 5.56 Å². The molecule has 0 saturated heterocycles. The molecule has 1 aromatic carbocycles. The number of aliphatic hydroxyl groups is 1. The summed E-state index contributed by atoms with van der Waals surface area (Å²) in [6.07, 6.45) is 3.49. The van der Waals surface area contributed by atoms with Gasteiger partial charge in [-0.05, 0) is 30.9 Å².